The van der Waals surface area contributed by atoms with Crippen LogP contribution < -0.4 is 0 Å². The van der Waals surface area contributed by atoms with Crippen LogP contribution in [-0.4, -0.2) is 33.7 Å². The average Bonchev–Trinajstić information content (AvgIpc) is 3.38. The highest BCUT2D eigenvalue weighted by Gasteiger charge is 2.21. The number of rotatable bonds is 7. The molecule has 1 fully saturated rings. The molecule has 1 aromatic heterocycles. The van der Waals surface area contributed by atoms with Crippen molar-refractivity contribution in [3.8, 4) is 11.4 Å². The molecule has 3 aromatic rings. The molecule has 0 saturated carbocycles. The van der Waals surface area contributed by atoms with Gasteiger partial charge in [0.15, 0.2) is 11.0 Å². The van der Waals surface area contributed by atoms with Gasteiger partial charge in [0.25, 0.3) is 0 Å². The number of nitrogens with zero attached hydrogens (tertiary/aromatic N) is 3. The second-order valence-electron chi connectivity index (χ2n) is 6.70. The van der Waals surface area contributed by atoms with Crippen molar-refractivity contribution in [2.75, 3.05) is 12.9 Å². The second kappa shape index (κ2) is 9.11. The lowest BCUT2D eigenvalue weighted by Crippen LogP contribution is -2.16. The molecule has 0 N–H and O–H groups in total. The van der Waals surface area contributed by atoms with E-state index >= 15 is 0 Å². The van der Waals surface area contributed by atoms with Gasteiger partial charge in [-0.05, 0) is 61.1 Å². The fourth-order valence-electron chi connectivity index (χ4n) is 3.23. The van der Waals surface area contributed by atoms with E-state index in [1.807, 2.05) is 0 Å². The number of thioether (sulfide) groups is 2. The standard InChI is InChI=1S/C21H22FN3OS2/c1-27-19-10-4-15(5-11-19)14-28-21-24-23-20(16-6-8-17(22)9-7-16)25(21)13-18-3-2-12-26-18/h4-11,18H,2-3,12-14H2,1H3/t18-/m1/s1. The van der Waals surface area contributed by atoms with Gasteiger partial charge in [0.05, 0.1) is 12.6 Å². The van der Waals surface area contributed by atoms with Gasteiger partial charge in [0.1, 0.15) is 5.82 Å². The van der Waals surface area contributed by atoms with Crippen LogP contribution in [0.15, 0.2) is 58.6 Å². The van der Waals surface area contributed by atoms with E-state index in [0.717, 1.165) is 41.7 Å². The molecule has 4 rings (SSSR count). The van der Waals surface area contributed by atoms with Crippen LogP contribution in [-0.2, 0) is 17.0 Å². The number of hydrogen-bond donors (Lipinski definition) is 0. The van der Waals surface area contributed by atoms with Gasteiger partial charge in [-0.3, -0.25) is 4.57 Å². The third-order valence-electron chi connectivity index (χ3n) is 4.76. The molecular formula is C21H22FN3OS2. The van der Waals surface area contributed by atoms with Crippen LogP contribution in [0.25, 0.3) is 11.4 Å². The molecule has 2 aromatic carbocycles. The van der Waals surface area contributed by atoms with Gasteiger partial charge in [0.2, 0.25) is 0 Å². The van der Waals surface area contributed by atoms with E-state index in [2.05, 4.69) is 45.3 Å². The lowest BCUT2D eigenvalue weighted by Gasteiger charge is -2.15. The summed E-state index contributed by atoms with van der Waals surface area (Å²) in [6.45, 7) is 1.52. The quantitative estimate of drug-likeness (QED) is 0.491. The van der Waals surface area contributed by atoms with E-state index in [-0.39, 0.29) is 11.9 Å². The first-order chi connectivity index (χ1) is 13.7. The van der Waals surface area contributed by atoms with Crippen molar-refractivity contribution < 1.29 is 9.13 Å². The lowest BCUT2D eigenvalue weighted by atomic mass is 10.2. The Bertz CT molecular complexity index is 906. The van der Waals surface area contributed by atoms with Crippen LogP contribution in [0, 0.1) is 5.82 Å². The molecule has 0 amide bonds. The molecule has 1 atom stereocenters. The zero-order valence-electron chi connectivity index (χ0n) is 15.7. The first-order valence-electron chi connectivity index (χ1n) is 9.29. The average molecular weight is 416 g/mol. The zero-order chi connectivity index (χ0) is 19.3. The van der Waals surface area contributed by atoms with Gasteiger partial charge in [0, 0.05) is 22.8 Å². The molecule has 7 heteroatoms. The summed E-state index contributed by atoms with van der Waals surface area (Å²) in [6.07, 6.45) is 4.38. The monoisotopic (exact) mass is 415 g/mol. The largest absolute Gasteiger partial charge is 0.376 e. The molecule has 1 saturated heterocycles. The van der Waals surface area contributed by atoms with Crippen LogP contribution in [0.2, 0.25) is 0 Å². The number of benzene rings is 2. The van der Waals surface area contributed by atoms with E-state index in [1.165, 1.54) is 22.6 Å². The Morgan fingerprint density at radius 2 is 1.89 bits per heavy atom. The van der Waals surface area contributed by atoms with Crippen molar-refractivity contribution in [1.29, 1.82) is 0 Å². The molecule has 0 radical (unpaired) electrons. The molecule has 0 spiro atoms. The Hall–Kier alpha value is -1.83. The molecule has 0 aliphatic carbocycles. The van der Waals surface area contributed by atoms with Gasteiger partial charge in [-0.2, -0.15) is 0 Å². The fraction of sp³-hybridized carbons (Fsp3) is 0.333. The molecule has 4 nitrogen and oxygen atoms in total. The van der Waals surface area contributed by atoms with Gasteiger partial charge in [-0.25, -0.2) is 4.39 Å². The van der Waals surface area contributed by atoms with Crippen molar-refractivity contribution in [2.24, 2.45) is 0 Å². The maximum absolute atomic E-state index is 13.3. The highest BCUT2D eigenvalue weighted by atomic mass is 32.2. The molecule has 146 valence electrons. The molecule has 0 unspecified atom stereocenters. The lowest BCUT2D eigenvalue weighted by molar-refractivity contribution is 0.0953. The normalized spacial score (nSPS) is 16.6. The third kappa shape index (κ3) is 4.59. The molecular weight excluding hydrogens is 393 g/mol. The Morgan fingerprint density at radius 3 is 2.57 bits per heavy atom. The Morgan fingerprint density at radius 1 is 1.11 bits per heavy atom. The highest BCUT2D eigenvalue weighted by molar-refractivity contribution is 7.98. The maximum Gasteiger partial charge on any atom is 0.191 e. The molecule has 28 heavy (non-hydrogen) atoms. The van der Waals surface area contributed by atoms with Gasteiger partial charge in [-0.1, -0.05) is 23.9 Å². The predicted molar refractivity (Wildman–Crippen MR) is 112 cm³/mol. The van der Waals surface area contributed by atoms with Gasteiger partial charge >= 0.3 is 0 Å². The summed E-state index contributed by atoms with van der Waals surface area (Å²) < 4.78 is 21.3. The van der Waals surface area contributed by atoms with Crippen molar-refractivity contribution in [3.63, 3.8) is 0 Å². The topological polar surface area (TPSA) is 39.9 Å². The van der Waals surface area contributed by atoms with Crippen LogP contribution in [0.4, 0.5) is 4.39 Å². The first-order valence-corrected chi connectivity index (χ1v) is 11.5. The second-order valence-corrected chi connectivity index (χ2v) is 8.52. The number of ether oxygens (including phenoxy) is 1. The van der Waals surface area contributed by atoms with Crippen LogP contribution in [0.3, 0.4) is 0 Å². The van der Waals surface area contributed by atoms with E-state index in [9.17, 15) is 4.39 Å². The van der Waals surface area contributed by atoms with Crippen molar-refractivity contribution in [1.82, 2.24) is 14.8 Å². The third-order valence-corrected chi connectivity index (χ3v) is 6.54. The summed E-state index contributed by atoms with van der Waals surface area (Å²) in [4.78, 5) is 1.26. The van der Waals surface area contributed by atoms with Gasteiger partial charge < -0.3 is 4.74 Å². The van der Waals surface area contributed by atoms with E-state index in [1.54, 1.807) is 35.7 Å². The van der Waals surface area contributed by atoms with Crippen molar-refractivity contribution in [3.05, 3.63) is 59.9 Å². The minimum Gasteiger partial charge on any atom is -0.376 e. The molecule has 0 bridgehead atoms. The summed E-state index contributed by atoms with van der Waals surface area (Å²) in [7, 11) is 0. The first kappa shape index (κ1) is 19.5. The summed E-state index contributed by atoms with van der Waals surface area (Å²) in [6, 6.07) is 15.0. The summed E-state index contributed by atoms with van der Waals surface area (Å²) >= 11 is 3.41. The van der Waals surface area contributed by atoms with E-state index in [4.69, 9.17) is 4.74 Å². The summed E-state index contributed by atoms with van der Waals surface area (Å²) in [5.41, 5.74) is 2.11. The maximum atomic E-state index is 13.3. The van der Waals surface area contributed by atoms with Crippen molar-refractivity contribution in [2.45, 2.75) is 41.3 Å². The highest BCUT2D eigenvalue weighted by Crippen LogP contribution is 2.29. The smallest absolute Gasteiger partial charge is 0.191 e. The molecule has 1 aliphatic heterocycles. The van der Waals surface area contributed by atoms with E-state index < -0.39 is 0 Å². The fourth-order valence-corrected chi connectivity index (χ4v) is 4.55. The predicted octanol–water partition coefficient (Wildman–Crippen LogP) is 5.28. The van der Waals surface area contributed by atoms with Crippen LogP contribution in [0.1, 0.15) is 18.4 Å². The Labute approximate surface area is 172 Å². The molecule has 1 aliphatic rings. The molecule has 2 heterocycles. The van der Waals surface area contributed by atoms with E-state index in [0.29, 0.717) is 6.54 Å². The minimum atomic E-state index is -0.253. The van der Waals surface area contributed by atoms with Crippen LogP contribution in [0.5, 0.6) is 0 Å². The Balaban J connectivity index is 1.57. The Kier molecular flexibility index (Phi) is 6.34. The summed E-state index contributed by atoms with van der Waals surface area (Å²) in [5.74, 6) is 1.33. The zero-order valence-corrected chi connectivity index (χ0v) is 17.3. The summed E-state index contributed by atoms with van der Waals surface area (Å²) in [5, 5.41) is 9.70. The minimum absolute atomic E-state index is 0.176. The number of halogens is 1. The number of hydrogen-bond acceptors (Lipinski definition) is 5. The van der Waals surface area contributed by atoms with Crippen molar-refractivity contribution >= 4 is 23.5 Å². The van der Waals surface area contributed by atoms with Gasteiger partial charge in [-0.15, -0.1) is 22.0 Å². The SMILES string of the molecule is CSc1ccc(CSc2nnc(-c3ccc(F)cc3)n2C[C@H]2CCCO2)cc1. The van der Waals surface area contributed by atoms with Crippen LogP contribution >= 0.6 is 23.5 Å². The number of aromatic nitrogens is 3.